The standard InChI is InChI=1S/C21H34OSi/c1-16(2)22-23-20-15-9-14-19(17-10-5-3-6-11-17)21(20)18-12-7-4-8-13-18/h9,14-18H,3-8,10-13,23H2,1-2H3. The molecular formula is C21H34OSi. The zero-order chi connectivity index (χ0) is 16.1. The molecule has 1 aromatic rings. The normalized spacial score (nSPS) is 21.5. The maximum Gasteiger partial charge on any atom is 0.192 e. The molecule has 0 spiro atoms. The first kappa shape index (κ1) is 17.2. The molecule has 0 amide bonds. The lowest BCUT2D eigenvalue weighted by molar-refractivity contribution is 0.260. The molecule has 2 aliphatic rings. The van der Waals surface area contributed by atoms with E-state index in [1.807, 2.05) is 0 Å². The predicted octanol–water partition coefficient (Wildman–Crippen LogP) is 4.92. The van der Waals surface area contributed by atoms with Gasteiger partial charge in [-0.05, 0) is 67.7 Å². The smallest absolute Gasteiger partial charge is 0.192 e. The zero-order valence-electron chi connectivity index (χ0n) is 15.2. The van der Waals surface area contributed by atoms with E-state index in [-0.39, 0.29) is 0 Å². The highest BCUT2D eigenvalue weighted by Gasteiger charge is 2.26. The molecule has 2 aliphatic carbocycles. The van der Waals surface area contributed by atoms with E-state index in [0.29, 0.717) is 6.10 Å². The Morgan fingerprint density at radius 2 is 1.48 bits per heavy atom. The van der Waals surface area contributed by atoms with Crippen LogP contribution in [0, 0.1) is 0 Å². The van der Waals surface area contributed by atoms with Gasteiger partial charge < -0.3 is 4.43 Å². The monoisotopic (exact) mass is 330 g/mol. The van der Waals surface area contributed by atoms with Gasteiger partial charge in [-0.25, -0.2) is 0 Å². The molecule has 0 N–H and O–H groups in total. The van der Waals surface area contributed by atoms with Crippen LogP contribution in [0.1, 0.15) is 101 Å². The van der Waals surface area contributed by atoms with Crippen molar-refractivity contribution in [3.05, 3.63) is 29.3 Å². The van der Waals surface area contributed by atoms with Crippen LogP contribution in [0.3, 0.4) is 0 Å². The Balaban J connectivity index is 1.90. The molecular weight excluding hydrogens is 296 g/mol. The Labute approximate surface area is 145 Å². The lowest BCUT2D eigenvalue weighted by atomic mass is 9.76. The van der Waals surface area contributed by atoms with E-state index < -0.39 is 9.76 Å². The molecule has 0 heterocycles. The fraction of sp³-hybridized carbons (Fsp3) is 0.714. The number of benzene rings is 1. The van der Waals surface area contributed by atoms with E-state index in [1.54, 1.807) is 16.3 Å². The van der Waals surface area contributed by atoms with Crippen LogP contribution in [0.25, 0.3) is 0 Å². The van der Waals surface area contributed by atoms with Crippen molar-refractivity contribution in [2.24, 2.45) is 0 Å². The van der Waals surface area contributed by atoms with Crippen LogP contribution in [0.15, 0.2) is 18.2 Å². The molecule has 2 heteroatoms. The first-order valence-electron chi connectivity index (χ1n) is 9.99. The third-order valence-corrected chi connectivity index (χ3v) is 7.62. The molecule has 0 saturated heterocycles. The number of hydrogen-bond donors (Lipinski definition) is 0. The predicted molar refractivity (Wildman–Crippen MR) is 102 cm³/mol. The van der Waals surface area contributed by atoms with Gasteiger partial charge in [-0.3, -0.25) is 0 Å². The Hall–Kier alpha value is -0.603. The summed E-state index contributed by atoms with van der Waals surface area (Å²) in [7, 11) is -0.590. The van der Waals surface area contributed by atoms with E-state index in [1.165, 1.54) is 64.2 Å². The van der Waals surface area contributed by atoms with Crippen molar-refractivity contribution in [3.8, 4) is 0 Å². The minimum atomic E-state index is -0.590. The fourth-order valence-electron chi connectivity index (χ4n) is 4.67. The van der Waals surface area contributed by atoms with Gasteiger partial charge in [-0.1, -0.05) is 56.7 Å². The molecule has 128 valence electrons. The second-order valence-corrected chi connectivity index (χ2v) is 9.33. The van der Waals surface area contributed by atoms with Crippen molar-refractivity contribution < 1.29 is 4.43 Å². The third kappa shape index (κ3) is 4.48. The van der Waals surface area contributed by atoms with Crippen LogP contribution in [0.5, 0.6) is 0 Å². The van der Waals surface area contributed by atoms with Crippen LogP contribution in [-0.4, -0.2) is 15.9 Å². The van der Waals surface area contributed by atoms with Gasteiger partial charge in [-0.15, -0.1) is 0 Å². The molecule has 23 heavy (non-hydrogen) atoms. The van der Waals surface area contributed by atoms with E-state index in [0.717, 1.165) is 11.8 Å². The molecule has 2 saturated carbocycles. The zero-order valence-corrected chi connectivity index (χ0v) is 16.6. The van der Waals surface area contributed by atoms with Crippen molar-refractivity contribution in [2.45, 2.75) is 96.0 Å². The summed E-state index contributed by atoms with van der Waals surface area (Å²) in [5.74, 6) is 1.65. The Morgan fingerprint density at radius 3 is 2.09 bits per heavy atom. The minimum Gasteiger partial charge on any atom is -0.416 e. The lowest BCUT2D eigenvalue weighted by Gasteiger charge is -2.31. The molecule has 1 nitrogen and oxygen atoms in total. The molecule has 3 rings (SSSR count). The molecule has 0 aliphatic heterocycles. The summed E-state index contributed by atoms with van der Waals surface area (Å²) in [5.41, 5.74) is 3.47. The van der Waals surface area contributed by atoms with Gasteiger partial charge in [-0.2, -0.15) is 0 Å². The molecule has 0 atom stereocenters. The molecule has 0 aromatic heterocycles. The van der Waals surface area contributed by atoms with Crippen LogP contribution < -0.4 is 5.19 Å². The minimum absolute atomic E-state index is 0.374. The summed E-state index contributed by atoms with van der Waals surface area (Å²) in [5, 5.41) is 1.62. The molecule has 0 bridgehead atoms. The average Bonchev–Trinajstić information content (AvgIpc) is 2.61. The molecule has 1 aromatic carbocycles. The molecule has 0 unspecified atom stereocenters. The van der Waals surface area contributed by atoms with E-state index in [9.17, 15) is 0 Å². The summed E-state index contributed by atoms with van der Waals surface area (Å²) >= 11 is 0. The van der Waals surface area contributed by atoms with Crippen molar-refractivity contribution in [3.63, 3.8) is 0 Å². The third-order valence-electron chi connectivity index (χ3n) is 5.86. The number of hydrogen-bond acceptors (Lipinski definition) is 1. The van der Waals surface area contributed by atoms with Gasteiger partial charge in [0.15, 0.2) is 9.76 Å². The maximum absolute atomic E-state index is 6.14. The summed E-state index contributed by atoms with van der Waals surface area (Å²) in [6.45, 7) is 4.36. The molecule has 0 radical (unpaired) electrons. The van der Waals surface area contributed by atoms with Gasteiger partial charge in [0.1, 0.15) is 0 Å². The first-order chi connectivity index (χ1) is 11.3. The highest BCUT2D eigenvalue weighted by Crippen LogP contribution is 2.40. The Kier molecular flexibility index (Phi) is 6.35. The maximum atomic E-state index is 6.14. The van der Waals surface area contributed by atoms with Gasteiger partial charge >= 0.3 is 0 Å². The lowest BCUT2D eigenvalue weighted by Crippen LogP contribution is -2.29. The summed E-state index contributed by atoms with van der Waals surface area (Å²) < 4.78 is 6.14. The van der Waals surface area contributed by atoms with Crippen molar-refractivity contribution in [1.82, 2.24) is 0 Å². The van der Waals surface area contributed by atoms with E-state index in [4.69, 9.17) is 4.43 Å². The Morgan fingerprint density at radius 1 is 0.870 bits per heavy atom. The largest absolute Gasteiger partial charge is 0.416 e. The quantitative estimate of drug-likeness (QED) is 0.697. The van der Waals surface area contributed by atoms with Crippen molar-refractivity contribution in [2.75, 3.05) is 0 Å². The van der Waals surface area contributed by atoms with Gasteiger partial charge in [0, 0.05) is 6.10 Å². The van der Waals surface area contributed by atoms with Crippen molar-refractivity contribution in [1.29, 1.82) is 0 Å². The Bertz CT molecular complexity index is 485. The van der Waals surface area contributed by atoms with Crippen LogP contribution in [0.4, 0.5) is 0 Å². The SMILES string of the molecule is CC(C)O[SiH2]c1cccc(C2CCCCC2)c1C1CCCCC1. The molecule has 2 fully saturated rings. The van der Waals surface area contributed by atoms with E-state index in [2.05, 4.69) is 32.0 Å². The van der Waals surface area contributed by atoms with Crippen LogP contribution >= 0.6 is 0 Å². The average molecular weight is 331 g/mol. The fourth-order valence-corrected chi connectivity index (χ4v) is 6.07. The van der Waals surface area contributed by atoms with E-state index >= 15 is 0 Å². The summed E-state index contributed by atoms with van der Waals surface area (Å²) in [4.78, 5) is 0. The number of rotatable bonds is 5. The van der Waals surface area contributed by atoms with Crippen LogP contribution in [0.2, 0.25) is 0 Å². The van der Waals surface area contributed by atoms with Gasteiger partial charge in [0.05, 0.1) is 0 Å². The first-order valence-corrected chi connectivity index (χ1v) is 11.3. The second-order valence-electron chi connectivity index (χ2n) is 7.95. The van der Waals surface area contributed by atoms with Gasteiger partial charge in [0.2, 0.25) is 0 Å². The van der Waals surface area contributed by atoms with Crippen LogP contribution in [-0.2, 0) is 4.43 Å². The van der Waals surface area contributed by atoms with Gasteiger partial charge in [0.25, 0.3) is 0 Å². The highest BCUT2D eigenvalue weighted by molar-refractivity contribution is 6.47. The topological polar surface area (TPSA) is 9.23 Å². The summed E-state index contributed by atoms with van der Waals surface area (Å²) in [6.07, 6.45) is 14.6. The highest BCUT2D eigenvalue weighted by atomic mass is 28.2. The second kappa shape index (κ2) is 8.48. The summed E-state index contributed by atoms with van der Waals surface area (Å²) in [6, 6.07) is 7.18. The van der Waals surface area contributed by atoms with Crippen molar-refractivity contribution >= 4 is 14.9 Å².